The SMILES string of the molecule is Cc1ncc(C#Cc2ccc(N3CCC(O)CC3)cn2)c2cc(NC(=O)C3CC3)ncc12. The minimum absolute atomic E-state index is 0.0303. The van der Waals surface area contributed by atoms with Gasteiger partial charge in [-0.25, -0.2) is 9.97 Å². The average molecular weight is 428 g/mol. The number of carbonyl (C=O) groups excluding carboxylic acids is 1. The Morgan fingerprint density at radius 2 is 1.84 bits per heavy atom. The molecule has 0 aromatic carbocycles. The fourth-order valence-corrected chi connectivity index (χ4v) is 3.91. The number of hydrogen-bond acceptors (Lipinski definition) is 6. The van der Waals surface area contributed by atoms with Gasteiger partial charge in [-0.2, -0.15) is 0 Å². The highest BCUT2D eigenvalue weighted by atomic mass is 16.3. The zero-order valence-electron chi connectivity index (χ0n) is 18.0. The summed E-state index contributed by atoms with van der Waals surface area (Å²) in [5.41, 5.74) is 3.36. The number of carbonyl (C=O) groups is 1. The van der Waals surface area contributed by atoms with Crippen molar-refractivity contribution < 1.29 is 9.90 Å². The van der Waals surface area contributed by atoms with Crippen molar-refractivity contribution in [1.29, 1.82) is 0 Å². The van der Waals surface area contributed by atoms with Crippen LogP contribution in [0, 0.1) is 24.7 Å². The predicted octanol–water partition coefficient (Wildman–Crippen LogP) is 3.04. The van der Waals surface area contributed by atoms with Gasteiger partial charge in [0.2, 0.25) is 5.91 Å². The fourth-order valence-electron chi connectivity index (χ4n) is 3.91. The average Bonchev–Trinajstić information content (AvgIpc) is 3.65. The van der Waals surface area contributed by atoms with Crippen LogP contribution in [-0.2, 0) is 4.79 Å². The van der Waals surface area contributed by atoms with Crippen molar-refractivity contribution in [3.8, 4) is 11.8 Å². The molecule has 2 N–H and O–H groups in total. The number of rotatable bonds is 3. The molecule has 2 aliphatic rings. The third kappa shape index (κ3) is 4.41. The van der Waals surface area contributed by atoms with E-state index in [9.17, 15) is 9.90 Å². The van der Waals surface area contributed by atoms with Crippen molar-refractivity contribution >= 4 is 28.2 Å². The van der Waals surface area contributed by atoms with Crippen LogP contribution >= 0.6 is 0 Å². The van der Waals surface area contributed by atoms with E-state index < -0.39 is 0 Å². The van der Waals surface area contributed by atoms with Crippen LogP contribution in [0.5, 0.6) is 0 Å². The number of aliphatic hydroxyl groups is 1. The Morgan fingerprint density at radius 1 is 1.03 bits per heavy atom. The predicted molar refractivity (Wildman–Crippen MR) is 123 cm³/mol. The maximum atomic E-state index is 12.1. The molecule has 7 heteroatoms. The summed E-state index contributed by atoms with van der Waals surface area (Å²) in [6.07, 6.45) is 8.61. The molecule has 1 saturated heterocycles. The number of anilines is 2. The molecule has 3 aromatic rings. The highest BCUT2D eigenvalue weighted by molar-refractivity contribution is 5.96. The Morgan fingerprint density at radius 3 is 2.56 bits per heavy atom. The zero-order valence-corrected chi connectivity index (χ0v) is 18.0. The van der Waals surface area contributed by atoms with Gasteiger partial charge in [-0.3, -0.25) is 9.78 Å². The lowest BCUT2D eigenvalue weighted by molar-refractivity contribution is -0.117. The smallest absolute Gasteiger partial charge is 0.228 e. The van der Waals surface area contributed by atoms with Gasteiger partial charge in [0, 0.05) is 47.9 Å². The number of pyridine rings is 3. The first-order valence-electron chi connectivity index (χ1n) is 11.0. The number of fused-ring (bicyclic) bond motifs is 1. The van der Waals surface area contributed by atoms with E-state index >= 15 is 0 Å². The van der Waals surface area contributed by atoms with E-state index in [2.05, 4.69) is 37.0 Å². The van der Waals surface area contributed by atoms with Crippen molar-refractivity contribution in [2.45, 2.75) is 38.7 Å². The Labute approximate surface area is 186 Å². The Bertz CT molecular complexity index is 1220. The molecule has 1 amide bonds. The van der Waals surface area contributed by atoms with Crippen molar-refractivity contribution in [3.05, 3.63) is 53.7 Å². The summed E-state index contributed by atoms with van der Waals surface area (Å²) in [6.45, 7) is 3.61. The van der Waals surface area contributed by atoms with Crippen molar-refractivity contribution in [2.24, 2.45) is 5.92 Å². The van der Waals surface area contributed by atoms with Crippen LogP contribution in [0.25, 0.3) is 10.8 Å². The molecular weight excluding hydrogens is 402 g/mol. The number of aryl methyl sites for hydroxylation is 1. The summed E-state index contributed by atoms with van der Waals surface area (Å²) in [7, 11) is 0. The van der Waals surface area contributed by atoms with Crippen molar-refractivity contribution in [2.75, 3.05) is 23.3 Å². The lowest BCUT2D eigenvalue weighted by Crippen LogP contribution is -2.35. The first-order chi connectivity index (χ1) is 15.6. The first kappa shape index (κ1) is 20.4. The number of hydrogen-bond donors (Lipinski definition) is 2. The minimum atomic E-state index is -0.194. The van der Waals surface area contributed by atoms with Crippen LogP contribution in [-0.4, -0.2) is 45.2 Å². The fraction of sp³-hybridized carbons (Fsp3) is 0.360. The number of aliphatic hydroxyl groups excluding tert-OH is 1. The lowest BCUT2D eigenvalue weighted by Gasteiger charge is -2.31. The van der Waals surface area contributed by atoms with Gasteiger partial charge >= 0.3 is 0 Å². The topological polar surface area (TPSA) is 91.2 Å². The van der Waals surface area contributed by atoms with Crippen LogP contribution in [0.2, 0.25) is 0 Å². The van der Waals surface area contributed by atoms with E-state index in [1.54, 1.807) is 12.4 Å². The molecule has 0 atom stereocenters. The summed E-state index contributed by atoms with van der Waals surface area (Å²) in [5, 5.41) is 14.4. The first-order valence-corrected chi connectivity index (χ1v) is 11.0. The number of aromatic nitrogens is 3. The second-order valence-corrected chi connectivity index (χ2v) is 8.51. The van der Waals surface area contributed by atoms with E-state index in [0.717, 1.165) is 66.5 Å². The van der Waals surface area contributed by atoms with Crippen LogP contribution in [0.1, 0.15) is 42.6 Å². The van der Waals surface area contributed by atoms with Gasteiger partial charge in [0.15, 0.2) is 0 Å². The van der Waals surface area contributed by atoms with Crippen LogP contribution in [0.3, 0.4) is 0 Å². The molecule has 2 fully saturated rings. The van der Waals surface area contributed by atoms with Gasteiger partial charge in [0.25, 0.3) is 0 Å². The highest BCUT2D eigenvalue weighted by Crippen LogP contribution is 2.30. The molecule has 0 spiro atoms. The highest BCUT2D eigenvalue weighted by Gasteiger charge is 2.29. The van der Waals surface area contributed by atoms with Crippen LogP contribution in [0.15, 0.2) is 36.8 Å². The van der Waals surface area contributed by atoms with Gasteiger partial charge in [0.1, 0.15) is 11.5 Å². The Balaban J connectivity index is 1.39. The van der Waals surface area contributed by atoms with E-state index in [4.69, 9.17) is 0 Å². The van der Waals surface area contributed by atoms with Crippen LogP contribution in [0.4, 0.5) is 11.5 Å². The third-order valence-corrected chi connectivity index (χ3v) is 6.07. The molecule has 0 unspecified atom stereocenters. The van der Waals surface area contributed by atoms with Gasteiger partial charge in [-0.1, -0.05) is 5.92 Å². The molecule has 5 rings (SSSR count). The molecular formula is C25H25N5O2. The van der Waals surface area contributed by atoms with Gasteiger partial charge in [-0.15, -0.1) is 0 Å². The van der Waals surface area contributed by atoms with Gasteiger partial charge in [-0.05, 0) is 56.7 Å². The molecule has 1 saturated carbocycles. The second-order valence-electron chi connectivity index (χ2n) is 8.51. The molecule has 32 heavy (non-hydrogen) atoms. The summed E-state index contributed by atoms with van der Waals surface area (Å²) >= 11 is 0. The Hall–Kier alpha value is -3.50. The quantitative estimate of drug-likeness (QED) is 0.625. The summed E-state index contributed by atoms with van der Waals surface area (Å²) in [5.74, 6) is 7.01. The van der Waals surface area contributed by atoms with Crippen molar-refractivity contribution in [3.63, 3.8) is 0 Å². The van der Waals surface area contributed by atoms with Crippen molar-refractivity contribution in [1.82, 2.24) is 15.0 Å². The number of nitrogens with zero attached hydrogens (tertiary/aromatic N) is 4. The molecule has 1 aliphatic carbocycles. The maximum Gasteiger partial charge on any atom is 0.228 e. The summed E-state index contributed by atoms with van der Waals surface area (Å²) < 4.78 is 0. The zero-order chi connectivity index (χ0) is 22.1. The molecule has 0 bridgehead atoms. The summed E-state index contributed by atoms with van der Waals surface area (Å²) in [6, 6.07) is 5.81. The molecule has 162 valence electrons. The maximum absolute atomic E-state index is 12.1. The van der Waals surface area contributed by atoms with E-state index in [0.29, 0.717) is 11.5 Å². The standard InChI is InChI=1S/C25H25N5O2/c1-16-23-15-28-24(29-25(32)17-2-3-17)12-22(23)18(13-26-16)4-5-19-6-7-20(14-27-19)30-10-8-21(31)9-11-30/h6-7,12-15,17,21,31H,2-3,8-11H2,1H3,(H,28,29,32). The normalized spacial score (nSPS) is 16.5. The molecule has 7 nitrogen and oxygen atoms in total. The second kappa shape index (κ2) is 8.56. The molecule has 4 heterocycles. The van der Waals surface area contributed by atoms with E-state index in [1.807, 2.05) is 31.3 Å². The Kier molecular flexibility index (Phi) is 5.46. The largest absolute Gasteiger partial charge is 0.393 e. The number of piperidine rings is 1. The minimum Gasteiger partial charge on any atom is -0.393 e. The molecule has 0 radical (unpaired) electrons. The number of nitrogens with one attached hydrogen (secondary N) is 1. The van der Waals surface area contributed by atoms with Gasteiger partial charge in [0.05, 0.1) is 23.6 Å². The monoisotopic (exact) mass is 427 g/mol. The van der Waals surface area contributed by atoms with Gasteiger partial charge < -0.3 is 15.3 Å². The number of amides is 1. The molecule has 3 aromatic heterocycles. The molecule has 1 aliphatic heterocycles. The van der Waals surface area contributed by atoms with E-state index in [1.165, 1.54) is 0 Å². The van der Waals surface area contributed by atoms with E-state index in [-0.39, 0.29) is 17.9 Å². The van der Waals surface area contributed by atoms with Crippen LogP contribution < -0.4 is 10.2 Å². The lowest BCUT2D eigenvalue weighted by atomic mass is 10.1. The third-order valence-electron chi connectivity index (χ3n) is 6.07. The summed E-state index contributed by atoms with van der Waals surface area (Å²) in [4.78, 5) is 27.7.